The monoisotopic (exact) mass is 293 g/mol. The minimum Gasteiger partial charge on any atom is -0.496 e. The lowest BCUT2D eigenvalue weighted by molar-refractivity contribution is -0.141. The quantitative estimate of drug-likeness (QED) is 0.721. The van der Waals surface area contributed by atoms with Crippen LogP contribution >= 0.6 is 0 Å². The van der Waals surface area contributed by atoms with Gasteiger partial charge in [0.2, 0.25) is 5.91 Å². The Morgan fingerprint density at radius 1 is 1.24 bits per heavy atom. The summed E-state index contributed by atoms with van der Waals surface area (Å²) in [5, 5.41) is 0. The molecule has 0 unspecified atom stereocenters. The Bertz CT molecular complexity index is 499. The first-order valence-electron chi connectivity index (χ1n) is 6.99. The molecule has 1 aromatic rings. The van der Waals surface area contributed by atoms with Gasteiger partial charge in [-0.25, -0.2) is 0 Å². The first kappa shape index (κ1) is 17.0. The number of aryl methyl sites for hydroxylation is 1. The van der Waals surface area contributed by atoms with Crippen LogP contribution in [0.1, 0.15) is 24.5 Å². The lowest BCUT2D eigenvalue weighted by atomic mass is 10.1. The molecule has 116 valence electrons. The van der Waals surface area contributed by atoms with Gasteiger partial charge in [-0.2, -0.15) is 0 Å². The normalized spacial score (nSPS) is 10.1. The summed E-state index contributed by atoms with van der Waals surface area (Å²) in [7, 11) is 2.94. The van der Waals surface area contributed by atoms with Crippen LogP contribution in [0.2, 0.25) is 0 Å². The number of nitrogens with zero attached hydrogens (tertiary/aromatic N) is 1. The summed E-state index contributed by atoms with van der Waals surface area (Å²) in [6.45, 7) is 4.80. The molecular weight excluding hydrogens is 270 g/mol. The minimum absolute atomic E-state index is 0.0229. The van der Waals surface area contributed by atoms with Crippen LogP contribution < -0.4 is 4.74 Å². The summed E-state index contributed by atoms with van der Waals surface area (Å²) in [5.74, 6) is 0.373. The molecule has 0 fully saturated rings. The molecule has 0 aromatic heterocycles. The van der Waals surface area contributed by atoms with Gasteiger partial charge in [-0.05, 0) is 19.9 Å². The van der Waals surface area contributed by atoms with Gasteiger partial charge in [-0.3, -0.25) is 9.59 Å². The SMILES string of the molecule is CCN(CCC(=O)OC)C(=O)Cc1cc(C)ccc1OC. The fraction of sp³-hybridized carbons (Fsp3) is 0.500. The Morgan fingerprint density at radius 3 is 2.52 bits per heavy atom. The second kappa shape index (κ2) is 8.29. The number of amides is 1. The fourth-order valence-electron chi connectivity index (χ4n) is 2.11. The largest absolute Gasteiger partial charge is 0.496 e. The van der Waals surface area contributed by atoms with Gasteiger partial charge in [0.05, 0.1) is 27.1 Å². The van der Waals surface area contributed by atoms with Crippen molar-refractivity contribution in [3.8, 4) is 5.75 Å². The van der Waals surface area contributed by atoms with E-state index in [9.17, 15) is 9.59 Å². The van der Waals surface area contributed by atoms with Gasteiger partial charge < -0.3 is 14.4 Å². The number of hydrogen-bond donors (Lipinski definition) is 0. The van der Waals surface area contributed by atoms with Crippen LogP contribution in [0, 0.1) is 6.92 Å². The van der Waals surface area contributed by atoms with Gasteiger partial charge in [0.1, 0.15) is 5.75 Å². The highest BCUT2D eigenvalue weighted by atomic mass is 16.5. The standard InChI is InChI=1S/C16H23NO4/c1-5-17(9-8-16(19)21-4)15(18)11-13-10-12(2)6-7-14(13)20-3/h6-7,10H,5,8-9,11H2,1-4H3. The van der Waals surface area contributed by atoms with Gasteiger partial charge in [-0.1, -0.05) is 17.7 Å². The van der Waals surface area contributed by atoms with Crippen LogP contribution in [-0.4, -0.2) is 44.1 Å². The van der Waals surface area contributed by atoms with Crippen molar-refractivity contribution in [1.82, 2.24) is 4.90 Å². The molecule has 0 radical (unpaired) electrons. The Morgan fingerprint density at radius 2 is 1.95 bits per heavy atom. The van der Waals surface area contributed by atoms with E-state index >= 15 is 0 Å². The zero-order valence-electron chi connectivity index (χ0n) is 13.1. The number of rotatable bonds is 7. The van der Waals surface area contributed by atoms with Crippen LogP contribution in [0.25, 0.3) is 0 Å². The number of carbonyl (C=O) groups excluding carboxylic acids is 2. The van der Waals surface area contributed by atoms with Gasteiger partial charge in [-0.15, -0.1) is 0 Å². The van der Waals surface area contributed by atoms with Crippen molar-refractivity contribution in [2.24, 2.45) is 0 Å². The van der Waals surface area contributed by atoms with Crippen LogP contribution in [0.5, 0.6) is 5.75 Å². The third-order valence-electron chi connectivity index (χ3n) is 3.33. The minimum atomic E-state index is -0.311. The maximum absolute atomic E-state index is 12.3. The molecule has 0 aliphatic carbocycles. The third kappa shape index (κ3) is 5.10. The van der Waals surface area contributed by atoms with Gasteiger partial charge in [0.25, 0.3) is 0 Å². The Balaban J connectivity index is 2.73. The highest BCUT2D eigenvalue weighted by molar-refractivity contribution is 5.80. The van der Waals surface area contributed by atoms with Crippen LogP contribution in [0.15, 0.2) is 18.2 Å². The van der Waals surface area contributed by atoms with Crippen molar-refractivity contribution in [3.05, 3.63) is 29.3 Å². The van der Waals surface area contributed by atoms with E-state index in [1.807, 2.05) is 32.0 Å². The molecule has 0 heterocycles. The molecule has 0 saturated heterocycles. The average Bonchev–Trinajstić information content (AvgIpc) is 2.47. The molecule has 0 N–H and O–H groups in total. The Hall–Kier alpha value is -2.04. The van der Waals surface area contributed by atoms with Crippen LogP contribution in [0.3, 0.4) is 0 Å². The number of likely N-dealkylation sites (N-methyl/N-ethyl adjacent to an activating group) is 1. The number of carbonyl (C=O) groups is 2. The Kier molecular flexibility index (Phi) is 6.72. The Labute approximate surface area is 125 Å². The van der Waals surface area contributed by atoms with Crippen molar-refractivity contribution in [1.29, 1.82) is 0 Å². The topological polar surface area (TPSA) is 55.8 Å². The summed E-state index contributed by atoms with van der Waals surface area (Å²) in [6.07, 6.45) is 0.473. The predicted octanol–water partition coefficient (Wildman–Crippen LogP) is 1.96. The van der Waals surface area contributed by atoms with Crippen LogP contribution in [0.4, 0.5) is 0 Å². The van der Waals surface area contributed by atoms with E-state index in [1.165, 1.54) is 7.11 Å². The zero-order chi connectivity index (χ0) is 15.8. The highest BCUT2D eigenvalue weighted by Gasteiger charge is 2.16. The molecule has 5 nitrogen and oxygen atoms in total. The van der Waals surface area contributed by atoms with E-state index in [-0.39, 0.29) is 24.7 Å². The van der Waals surface area contributed by atoms with Crippen molar-refractivity contribution < 1.29 is 19.1 Å². The molecule has 21 heavy (non-hydrogen) atoms. The third-order valence-corrected chi connectivity index (χ3v) is 3.33. The molecule has 0 aliphatic heterocycles. The molecule has 1 amide bonds. The maximum Gasteiger partial charge on any atom is 0.307 e. The van der Waals surface area contributed by atoms with E-state index < -0.39 is 0 Å². The lowest BCUT2D eigenvalue weighted by Gasteiger charge is -2.21. The first-order chi connectivity index (χ1) is 10.0. The molecule has 0 atom stereocenters. The smallest absolute Gasteiger partial charge is 0.307 e. The summed E-state index contributed by atoms with van der Waals surface area (Å²) in [4.78, 5) is 25.2. The fourth-order valence-corrected chi connectivity index (χ4v) is 2.11. The second-order valence-corrected chi connectivity index (χ2v) is 4.79. The molecule has 1 rings (SSSR count). The van der Waals surface area contributed by atoms with Gasteiger partial charge in [0, 0.05) is 18.7 Å². The summed E-state index contributed by atoms with van der Waals surface area (Å²) in [6, 6.07) is 5.76. The number of ether oxygens (including phenoxy) is 2. The van der Waals surface area contributed by atoms with E-state index in [4.69, 9.17) is 4.74 Å². The molecule has 0 spiro atoms. The van der Waals surface area contributed by atoms with Crippen molar-refractivity contribution >= 4 is 11.9 Å². The molecule has 0 saturated carbocycles. The van der Waals surface area contributed by atoms with E-state index in [1.54, 1.807) is 12.0 Å². The van der Waals surface area contributed by atoms with Crippen molar-refractivity contribution in [2.45, 2.75) is 26.7 Å². The molecule has 0 aliphatic rings. The second-order valence-electron chi connectivity index (χ2n) is 4.79. The number of esters is 1. The van der Waals surface area contributed by atoms with Gasteiger partial charge in [0.15, 0.2) is 0 Å². The molecule has 5 heteroatoms. The van der Waals surface area contributed by atoms with E-state index in [2.05, 4.69) is 4.74 Å². The lowest BCUT2D eigenvalue weighted by Crippen LogP contribution is -2.34. The molecular formula is C16H23NO4. The predicted molar refractivity (Wildman–Crippen MR) is 80.3 cm³/mol. The summed E-state index contributed by atoms with van der Waals surface area (Å²) in [5.41, 5.74) is 1.94. The molecule has 1 aromatic carbocycles. The number of methoxy groups -OCH3 is 2. The van der Waals surface area contributed by atoms with Crippen molar-refractivity contribution in [3.63, 3.8) is 0 Å². The van der Waals surface area contributed by atoms with E-state index in [0.717, 1.165) is 11.1 Å². The summed E-state index contributed by atoms with van der Waals surface area (Å²) < 4.78 is 9.88. The average molecular weight is 293 g/mol. The maximum atomic E-state index is 12.3. The number of benzene rings is 1. The molecule has 0 bridgehead atoms. The van der Waals surface area contributed by atoms with Crippen molar-refractivity contribution in [2.75, 3.05) is 27.3 Å². The summed E-state index contributed by atoms with van der Waals surface area (Å²) >= 11 is 0. The number of hydrogen-bond acceptors (Lipinski definition) is 4. The highest BCUT2D eigenvalue weighted by Crippen LogP contribution is 2.20. The van der Waals surface area contributed by atoms with Gasteiger partial charge >= 0.3 is 5.97 Å². The van der Waals surface area contributed by atoms with E-state index in [0.29, 0.717) is 18.8 Å². The van der Waals surface area contributed by atoms with Crippen LogP contribution in [-0.2, 0) is 20.7 Å². The first-order valence-corrected chi connectivity index (χ1v) is 6.99. The zero-order valence-corrected chi connectivity index (χ0v) is 13.1.